The third kappa shape index (κ3) is 2.79. The van der Waals surface area contributed by atoms with Crippen LogP contribution >= 0.6 is 27.3 Å². The number of para-hydroxylation sites is 1. The Bertz CT molecular complexity index is 826. The van der Waals surface area contributed by atoms with Crippen LogP contribution in [0.25, 0.3) is 10.2 Å². The van der Waals surface area contributed by atoms with Crippen molar-refractivity contribution in [2.45, 2.75) is 18.9 Å². The van der Waals surface area contributed by atoms with E-state index in [9.17, 15) is 4.79 Å². The Kier molecular flexibility index (Phi) is 3.91. The molecule has 0 bridgehead atoms. The first-order valence-electron chi connectivity index (χ1n) is 7.64. The second kappa shape index (κ2) is 6.06. The van der Waals surface area contributed by atoms with Crippen LogP contribution < -0.4 is 0 Å². The Hall–Kier alpha value is -1.72. The van der Waals surface area contributed by atoms with E-state index < -0.39 is 0 Å². The van der Waals surface area contributed by atoms with E-state index in [1.807, 2.05) is 47.4 Å². The van der Waals surface area contributed by atoms with Gasteiger partial charge in [-0.2, -0.15) is 0 Å². The second-order valence-electron chi connectivity index (χ2n) is 5.68. The molecule has 0 spiro atoms. The number of hydrogen-bond donors (Lipinski definition) is 0. The number of hydrogen-bond acceptors (Lipinski definition) is 3. The van der Waals surface area contributed by atoms with Gasteiger partial charge in [-0.15, -0.1) is 11.3 Å². The molecule has 0 N–H and O–H groups in total. The molecule has 0 aliphatic carbocycles. The lowest BCUT2D eigenvalue weighted by atomic mass is 10.1. The summed E-state index contributed by atoms with van der Waals surface area (Å²) < 4.78 is 2.17. The smallest absolute Gasteiger partial charge is 0.254 e. The third-order valence-electron chi connectivity index (χ3n) is 4.20. The van der Waals surface area contributed by atoms with E-state index in [0.717, 1.165) is 39.9 Å². The molecule has 0 saturated carbocycles. The fourth-order valence-electron chi connectivity index (χ4n) is 3.06. The average Bonchev–Trinajstić information content (AvgIpc) is 3.21. The van der Waals surface area contributed by atoms with Gasteiger partial charge in [0.25, 0.3) is 5.91 Å². The number of nitrogens with zero attached hydrogens (tertiary/aromatic N) is 2. The molecule has 0 radical (unpaired) electrons. The molecular weight excluding hydrogens is 372 g/mol. The minimum absolute atomic E-state index is 0.0965. The van der Waals surface area contributed by atoms with Crippen molar-refractivity contribution in [1.82, 2.24) is 9.88 Å². The van der Waals surface area contributed by atoms with Crippen molar-refractivity contribution in [3.63, 3.8) is 0 Å². The van der Waals surface area contributed by atoms with Crippen molar-refractivity contribution >= 4 is 43.4 Å². The summed E-state index contributed by atoms with van der Waals surface area (Å²) in [5, 5.41) is 1.05. The average molecular weight is 387 g/mol. The number of amides is 1. The fraction of sp³-hybridized carbons (Fsp3) is 0.222. The van der Waals surface area contributed by atoms with Crippen molar-refractivity contribution in [3.05, 3.63) is 63.6 Å². The highest BCUT2D eigenvalue weighted by molar-refractivity contribution is 9.10. The lowest BCUT2D eigenvalue weighted by molar-refractivity contribution is 0.0735. The molecule has 1 aliphatic rings. The van der Waals surface area contributed by atoms with E-state index in [1.165, 1.54) is 4.70 Å². The van der Waals surface area contributed by atoms with Crippen LogP contribution in [0.4, 0.5) is 0 Å². The molecule has 1 aliphatic heterocycles. The second-order valence-corrected chi connectivity index (χ2v) is 7.66. The van der Waals surface area contributed by atoms with Gasteiger partial charge in [0.2, 0.25) is 0 Å². The normalized spacial score (nSPS) is 17.8. The number of fused-ring (bicyclic) bond motifs is 1. The molecule has 116 valence electrons. The summed E-state index contributed by atoms with van der Waals surface area (Å²) in [5.41, 5.74) is 1.76. The zero-order valence-corrected chi connectivity index (χ0v) is 14.8. The van der Waals surface area contributed by atoms with Gasteiger partial charge in [-0.1, -0.05) is 28.1 Å². The molecular formula is C18H15BrN2OS. The van der Waals surface area contributed by atoms with Gasteiger partial charge in [-0.3, -0.25) is 4.79 Å². The summed E-state index contributed by atoms with van der Waals surface area (Å²) in [6.45, 7) is 0.801. The molecule has 23 heavy (non-hydrogen) atoms. The van der Waals surface area contributed by atoms with Gasteiger partial charge < -0.3 is 4.90 Å². The number of rotatable bonds is 2. The number of thiazole rings is 1. The maximum absolute atomic E-state index is 12.8. The highest BCUT2D eigenvalue weighted by atomic mass is 79.9. The van der Waals surface area contributed by atoms with Gasteiger partial charge >= 0.3 is 0 Å². The lowest BCUT2D eigenvalue weighted by Crippen LogP contribution is -2.30. The van der Waals surface area contributed by atoms with Crippen LogP contribution in [0.2, 0.25) is 0 Å². The van der Waals surface area contributed by atoms with E-state index in [2.05, 4.69) is 22.0 Å². The summed E-state index contributed by atoms with van der Waals surface area (Å²) in [7, 11) is 0. The number of likely N-dealkylation sites (tertiary alicyclic amines) is 1. The Balaban J connectivity index is 1.65. The first-order valence-corrected chi connectivity index (χ1v) is 9.25. The third-order valence-corrected chi connectivity index (χ3v) is 5.87. The first kappa shape index (κ1) is 14.8. The van der Waals surface area contributed by atoms with Crippen LogP contribution in [0.5, 0.6) is 0 Å². The summed E-state index contributed by atoms with van der Waals surface area (Å²) in [5.74, 6) is 0.0965. The van der Waals surface area contributed by atoms with Gasteiger partial charge in [0, 0.05) is 16.6 Å². The molecule has 3 nitrogen and oxygen atoms in total. The molecule has 3 aromatic rings. The SMILES string of the molecule is O=C(c1ccc(Br)cc1)N1CCC[C@H]1c1nc2ccccc2s1. The van der Waals surface area contributed by atoms with Crippen LogP contribution in [0.15, 0.2) is 53.0 Å². The standard InChI is InChI=1S/C18H15BrN2OS/c19-13-9-7-12(8-10-13)18(22)21-11-3-5-15(21)17-20-14-4-1-2-6-16(14)23-17/h1-2,4,6-10,15H,3,5,11H2/t15-/m0/s1. The molecule has 1 amide bonds. The molecule has 1 aromatic heterocycles. The molecule has 4 rings (SSSR count). The number of halogens is 1. The molecule has 1 atom stereocenters. The Morgan fingerprint density at radius 3 is 2.74 bits per heavy atom. The van der Waals surface area contributed by atoms with Crippen LogP contribution in [-0.2, 0) is 0 Å². The highest BCUT2D eigenvalue weighted by Crippen LogP contribution is 2.37. The minimum Gasteiger partial charge on any atom is -0.329 e. The minimum atomic E-state index is 0.0965. The maximum atomic E-state index is 12.8. The molecule has 0 unspecified atom stereocenters. The van der Waals surface area contributed by atoms with Gasteiger partial charge in [0.1, 0.15) is 5.01 Å². The summed E-state index contributed by atoms with van der Waals surface area (Å²) >= 11 is 5.11. The van der Waals surface area contributed by atoms with E-state index >= 15 is 0 Å². The van der Waals surface area contributed by atoms with Crippen LogP contribution in [-0.4, -0.2) is 22.3 Å². The van der Waals surface area contributed by atoms with Crippen molar-refractivity contribution in [1.29, 1.82) is 0 Å². The van der Waals surface area contributed by atoms with E-state index in [-0.39, 0.29) is 11.9 Å². The predicted molar refractivity (Wildman–Crippen MR) is 96.8 cm³/mol. The van der Waals surface area contributed by atoms with Crippen LogP contribution in [0.1, 0.15) is 34.2 Å². The molecule has 2 aromatic carbocycles. The molecule has 1 saturated heterocycles. The number of carbonyl (C=O) groups is 1. The first-order chi connectivity index (χ1) is 11.2. The molecule has 2 heterocycles. The van der Waals surface area contributed by atoms with Crippen molar-refractivity contribution in [3.8, 4) is 0 Å². The van der Waals surface area contributed by atoms with Crippen LogP contribution in [0.3, 0.4) is 0 Å². The maximum Gasteiger partial charge on any atom is 0.254 e. The van der Waals surface area contributed by atoms with Gasteiger partial charge in [0.15, 0.2) is 0 Å². The fourth-order valence-corrected chi connectivity index (χ4v) is 4.44. The largest absolute Gasteiger partial charge is 0.329 e. The monoisotopic (exact) mass is 386 g/mol. The highest BCUT2D eigenvalue weighted by Gasteiger charge is 2.32. The summed E-state index contributed by atoms with van der Waals surface area (Å²) in [6.07, 6.45) is 2.02. The van der Waals surface area contributed by atoms with E-state index in [1.54, 1.807) is 11.3 Å². The van der Waals surface area contributed by atoms with Gasteiger partial charge in [-0.05, 0) is 49.2 Å². The van der Waals surface area contributed by atoms with Crippen molar-refractivity contribution < 1.29 is 4.79 Å². The summed E-state index contributed by atoms with van der Waals surface area (Å²) in [4.78, 5) is 19.6. The quantitative estimate of drug-likeness (QED) is 0.618. The Morgan fingerprint density at radius 2 is 1.96 bits per heavy atom. The van der Waals surface area contributed by atoms with Gasteiger partial charge in [0.05, 0.1) is 16.3 Å². The lowest BCUT2D eigenvalue weighted by Gasteiger charge is -2.23. The summed E-state index contributed by atoms with van der Waals surface area (Å²) in [6, 6.07) is 15.8. The zero-order chi connectivity index (χ0) is 15.8. The van der Waals surface area contributed by atoms with E-state index in [4.69, 9.17) is 4.98 Å². The van der Waals surface area contributed by atoms with Crippen molar-refractivity contribution in [2.24, 2.45) is 0 Å². The molecule has 5 heteroatoms. The Morgan fingerprint density at radius 1 is 1.17 bits per heavy atom. The number of aromatic nitrogens is 1. The number of benzene rings is 2. The Labute approximate surface area is 147 Å². The zero-order valence-electron chi connectivity index (χ0n) is 12.4. The predicted octanol–water partition coefficient (Wildman–Crippen LogP) is 5.04. The van der Waals surface area contributed by atoms with Crippen molar-refractivity contribution in [2.75, 3.05) is 6.54 Å². The molecule has 1 fully saturated rings. The van der Waals surface area contributed by atoms with Gasteiger partial charge in [-0.25, -0.2) is 4.98 Å². The van der Waals surface area contributed by atoms with Crippen LogP contribution in [0, 0.1) is 0 Å². The number of carbonyl (C=O) groups excluding carboxylic acids is 1. The van der Waals surface area contributed by atoms with E-state index in [0.29, 0.717) is 0 Å². The topological polar surface area (TPSA) is 33.2 Å².